The number of nitrogens with zero attached hydrogens (tertiary/aromatic N) is 3. The van der Waals surface area contributed by atoms with E-state index >= 15 is 0 Å². The molecule has 1 N–H and O–H groups in total. The lowest BCUT2D eigenvalue weighted by atomic mass is 10.1. The highest BCUT2D eigenvalue weighted by molar-refractivity contribution is 7.98. The molecule has 0 aliphatic carbocycles. The van der Waals surface area contributed by atoms with E-state index in [4.69, 9.17) is 0 Å². The van der Waals surface area contributed by atoms with Crippen LogP contribution in [0.3, 0.4) is 0 Å². The van der Waals surface area contributed by atoms with Crippen molar-refractivity contribution in [1.29, 1.82) is 0 Å². The molecule has 152 valence electrons. The van der Waals surface area contributed by atoms with E-state index in [2.05, 4.69) is 20.3 Å². The minimum atomic E-state index is -0.609. The fourth-order valence-electron chi connectivity index (χ4n) is 2.88. The van der Waals surface area contributed by atoms with E-state index in [1.807, 2.05) is 20.1 Å². The molecule has 0 atom stereocenters. The van der Waals surface area contributed by atoms with Crippen molar-refractivity contribution in [1.82, 2.24) is 15.0 Å². The Morgan fingerprint density at radius 1 is 1.21 bits per heavy atom. The molecule has 29 heavy (non-hydrogen) atoms. The summed E-state index contributed by atoms with van der Waals surface area (Å²) in [5.74, 6) is -1.36. The number of carbonyl (C=O) groups is 1. The average Bonchev–Trinajstić information content (AvgIpc) is 3.10. The van der Waals surface area contributed by atoms with Gasteiger partial charge in [0.25, 0.3) is 0 Å². The number of hydrogen-bond acceptors (Lipinski definition) is 6. The van der Waals surface area contributed by atoms with Gasteiger partial charge in [0, 0.05) is 41.4 Å². The molecule has 3 aromatic rings. The number of carbonyl (C=O) groups excluding carboxylic acids is 1. The molecule has 9 heteroatoms. The van der Waals surface area contributed by atoms with E-state index in [0.29, 0.717) is 17.1 Å². The Kier molecular flexibility index (Phi) is 6.92. The second kappa shape index (κ2) is 9.41. The van der Waals surface area contributed by atoms with Crippen molar-refractivity contribution in [3.63, 3.8) is 0 Å². The Morgan fingerprint density at radius 3 is 2.59 bits per heavy atom. The van der Waals surface area contributed by atoms with Gasteiger partial charge in [-0.05, 0) is 43.7 Å². The topological polar surface area (TPSA) is 67.8 Å². The highest BCUT2D eigenvalue weighted by atomic mass is 32.2. The summed E-state index contributed by atoms with van der Waals surface area (Å²) in [5.41, 5.74) is 3.12. The van der Waals surface area contributed by atoms with Crippen LogP contribution in [0.1, 0.15) is 33.8 Å². The van der Waals surface area contributed by atoms with Gasteiger partial charge in [-0.1, -0.05) is 17.8 Å². The van der Waals surface area contributed by atoms with Crippen molar-refractivity contribution in [2.75, 3.05) is 11.6 Å². The molecule has 0 fully saturated rings. The van der Waals surface area contributed by atoms with E-state index in [0.717, 1.165) is 33.1 Å². The van der Waals surface area contributed by atoms with Crippen molar-refractivity contribution < 1.29 is 13.6 Å². The molecule has 0 aliphatic rings. The summed E-state index contributed by atoms with van der Waals surface area (Å²) in [5, 5.41) is 3.95. The zero-order chi connectivity index (χ0) is 21.0. The number of anilines is 1. The molecule has 0 radical (unpaired) electrons. The Balaban J connectivity index is 1.58. The van der Waals surface area contributed by atoms with Gasteiger partial charge in [-0.25, -0.2) is 23.7 Å². The Hall–Kier alpha value is -2.39. The first-order valence-electron chi connectivity index (χ1n) is 8.92. The van der Waals surface area contributed by atoms with Crippen LogP contribution in [-0.4, -0.2) is 27.1 Å². The fraction of sp³-hybridized carbons (Fsp3) is 0.300. The Morgan fingerprint density at radius 2 is 1.93 bits per heavy atom. The second-order valence-corrected chi connectivity index (χ2v) is 8.34. The summed E-state index contributed by atoms with van der Waals surface area (Å²) in [6.45, 7) is 3.84. The van der Waals surface area contributed by atoms with Gasteiger partial charge in [0.15, 0.2) is 10.3 Å². The van der Waals surface area contributed by atoms with E-state index in [1.54, 1.807) is 6.20 Å². The van der Waals surface area contributed by atoms with Gasteiger partial charge in [0.05, 0.1) is 0 Å². The number of thiazole rings is 1. The standard InChI is InChI=1S/C20H20F2N4OS2/c1-11-16(12(2)25-20(24-11)28-3)6-7-18(27)26-19-23-10-15(29-19)8-13-4-5-14(21)9-17(13)22/h4-5,9-10H,6-8H2,1-3H3,(H,23,26,27). The van der Waals surface area contributed by atoms with Crippen LogP contribution in [-0.2, 0) is 17.6 Å². The predicted molar refractivity (Wildman–Crippen MR) is 112 cm³/mol. The zero-order valence-corrected chi connectivity index (χ0v) is 17.9. The number of aryl methyl sites for hydroxylation is 2. The first-order valence-corrected chi connectivity index (χ1v) is 11.0. The predicted octanol–water partition coefficient (Wildman–Crippen LogP) is 4.71. The summed E-state index contributed by atoms with van der Waals surface area (Å²) in [4.78, 5) is 26.1. The van der Waals surface area contributed by atoms with E-state index < -0.39 is 11.6 Å². The normalized spacial score (nSPS) is 10.9. The molecule has 0 bridgehead atoms. The summed E-state index contributed by atoms with van der Waals surface area (Å²) in [6.07, 6.45) is 4.62. The maximum atomic E-state index is 13.8. The van der Waals surface area contributed by atoms with Crippen LogP contribution in [0.2, 0.25) is 0 Å². The third-order valence-corrected chi connectivity index (χ3v) is 5.82. The van der Waals surface area contributed by atoms with Crippen LogP contribution in [0.25, 0.3) is 0 Å². The Labute approximate surface area is 176 Å². The van der Waals surface area contributed by atoms with E-state index in [-0.39, 0.29) is 18.7 Å². The molecule has 0 unspecified atom stereocenters. The van der Waals surface area contributed by atoms with Crippen molar-refractivity contribution in [2.45, 2.75) is 38.3 Å². The highest BCUT2D eigenvalue weighted by Crippen LogP contribution is 2.23. The summed E-state index contributed by atoms with van der Waals surface area (Å²) in [6, 6.07) is 3.50. The SMILES string of the molecule is CSc1nc(C)c(CCC(=O)Nc2ncc(Cc3ccc(F)cc3F)s2)c(C)n1. The van der Waals surface area contributed by atoms with Gasteiger partial charge in [0.2, 0.25) is 5.91 Å². The van der Waals surface area contributed by atoms with Crippen LogP contribution in [0.5, 0.6) is 0 Å². The summed E-state index contributed by atoms with van der Waals surface area (Å²) < 4.78 is 26.8. The summed E-state index contributed by atoms with van der Waals surface area (Å²) in [7, 11) is 0. The number of halogens is 2. The number of aromatic nitrogens is 3. The summed E-state index contributed by atoms with van der Waals surface area (Å²) >= 11 is 2.76. The zero-order valence-electron chi connectivity index (χ0n) is 16.3. The van der Waals surface area contributed by atoms with Crippen LogP contribution < -0.4 is 5.32 Å². The minimum absolute atomic E-state index is 0.161. The lowest BCUT2D eigenvalue weighted by Crippen LogP contribution is -2.13. The molecular weight excluding hydrogens is 414 g/mol. The van der Waals surface area contributed by atoms with Gasteiger partial charge in [-0.3, -0.25) is 4.79 Å². The maximum absolute atomic E-state index is 13.8. The molecular formula is C20H20F2N4OS2. The van der Waals surface area contributed by atoms with Crippen molar-refractivity contribution in [3.8, 4) is 0 Å². The molecule has 1 amide bonds. The third-order valence-electron chi connectivity index (χ3n) is 4.36. The molecule has 3 rings (SSSR count). The van der Waals surface area contributed by atoms with Gasteiger partial charge >= 0.3 is 0 Å². The average molecular weight is 435 g/mol. The number of benzene rings is 1. The van der Waals surface area contributed by atoms with Gasteiger partial charge < -0.3 is 5.32 Å². The molecule has 1 aromatic carbocycles. The third kappa shape index (κ3) is 5.57. The molecule has 0 saturated carbocycles. The lowest BCUT2D eigenvalue weighted by molar-refractivity contribution is -0.116. The van der Waals surface area contributed by atoms with Gasteiger partial charge in [-0.2, -0.15) is 0 Å². The van der Waals surface area contributed by atoms with Crippen LogP contribution in [0, 0.1) is 25.5 Å². The molecule has 2 heterocycles. The lowest BCUT2D eigenvalue weighted by Gasteiger charge is -2.09. The van der Waals surface area contributed by atoms with E-state index in [1.165, 1.54) is 35.2 Å². The molecule has 0 aliphatic heterocycles. The number of thioether (sulfide) groups is 1. The van der Waals surface area contributed by atoms with Crippen LogP contribution in [0.4, 0.5) is 13.9 Å². The van der Waals surface area contributed by atoms with Gasteiger partial charge in [-0.15, -0.1) is 11.3 Å². The van der Waals surface area contributed by atoms with Crippen LogP contribution >= 0.6 is 23.1 Å². The molecule has 0 spiro atoms. The smallest absolute Gasteiger partial charge is 0.226 e. The number of nitrogens with one attached hydrogen (secondary N) is 1. The van der Waals surface area contributed by atoms with Crippen molar-refractivity contribution >= 4 is 34.1 Å². The largest absolute Gasteiger partial charge is 0.302 e. The molecule has 5 nitrogen and oxygen atoms in total. The fourth-order valence-corrected chi connectivity index (χ4v) is 4.19. The number of rotatable bonds is 7. The van der Waals surface area contributed by atoms with Crippen molar-refractivity contribution in [2.24, 2.45) is 0 Å². The first-order chi connectivity index (χ1) is 13.9. The highest BCUT2D eigenvalue weighted by Gasteiger charge is 2.13. The van der Waals surface area contributed by atoms with E-state index in [9.17, 15) is 13.6 Å². The second-order valence-electron chi connectivity index (χ2n) is 6.45. The number of amides is 1. The first kappa shape index (κ1) is 21.3. The monoisotopic (exact) mass is 434 g/mol. The quantitative estimate of drug-likeness (QED) is 0.431. The molecule has 0 saturated heterocycles. The number of hydrogen-bond donors (Lipinski definition) is 1. The molecule has 2 aromatic heterocycles. The maximum Gasteiger partial charge on any atom is 0.226 e. The van der Waals surface area contributed by atoms with Crippen molar-refractivity contribution in [3.05, 3.63) is 63.4 Å². The minimum Gasteiger partial charge on any atom is -0.302 e. The van der Waals surface area contributed by atoms with Crippen LogP contribution in [0.15, 0.2) is 29.6 Å². The Bertz CT molecular complexity index is 1020. The van der Waals surface area contributed by atoms with Gasteiger partial charge in [0.1, 0.15) is 11.6 Å².